The van der Waals surface area contributed by atoms with Gasteiger partial charge in [-0.25, -0.2) is 17.6 Å². The third-order valence-electron chi connectivity index (χ3n) is 2.71. The number of nitrogens with one attached hydrogen (secondary N) is 2. The largest absolute Gasteiger partial charge is 0.319 e. The summed E-state index contributed by atoms with van der Waals surface area (Å²) in [6.45, 7) is 3.17. The lowest BCUT2D eigenvalue weighted by Crippen LogP contribution is -2.17. The van der Waals surface area contributed by atoms with Gasteiger partial charge in [-0.3, -0.25) is 9.89 Å². The predicted molar refractivity (Wildman–Crippen MR) is 62.3 cm³/mol. The molecule has 1 heterocycles. The molecule has 0 spiro atoms. The molecule has 0 atom stereocenters. The van der Waals surface area contributed by atoms with Crippen molar-refractivity contribution in [1.82, 2.24) is 10.2 Å². The summed E-state index contributed by atoms with van der Waals surface area (Å²) in [5.41, 5.74) is 0.236. The zero-order valence-corrected chi connectivity index (χ0v) is 10.4. The van der Waals surface area contributed by atoms with E-state index < -0.39 is 34.7 Å². The molecule has 0 saturated heterocycles. The monoisotopic (exact) mass is 287 g/mol. The van der Waals surface area contributed by atoms with Gasteiger partial charge in [0.15, 0.2) is 23.3 Å². The SMILES string of the molecule is Cc1n[nH]c(C)c1NC(=O)c1cc(F)c(F)c(F)c1F. The summed E-state index contributed by atoms with van der Waals surface area (Å²) < 4.78 is 52.4. The second kappa shape index (κ2) is 4.95. The minimum absolute atomic E-state index is 0.263. The fourth-order valence-corrected chi connectivity index (χ4v) is 1.65. The molecule has 0 bridgehead atoms. The second-order valence-electron chi connectivity index (χ2n) is 4.11. The van der Waals surface area contributed by atoms with Gasteiger partial charge in [0, 0.05) is 0 Å². The van der Waals surface area contributed by atoms with Gasteiger partial charge in [-0.2, -0.15) is 5.10 Å². The molecule has 0 radical (unpaired) electrons. The molecule has 2 N–H and O–H groups in total. The minimum atomic E-state index is -2.03. The molecular weight excluding hydrogens is 278 g/mol. The van der Waals surface area contributed by atoms with Crippen molar-refractivity contribution in [3.63, 3.8) is 0 Å². The maximum atomic E-state index is 13.5. The molecule has 0 unspecified atom stereocenters. The van der Waals surface area contributed by atoms with E-state index in [9.17, 15) is 22.4 Å². The third-order valence-corrected chi connectivity index (χ3v) is 2.71. The smallest absolute Gasteiger partial charge is 0.258 e. The number of anilines is 1. The first kappa shape index (κ1) is 14.0. The van der Waals surface area contributed by atoms with Crippen LogP contribution < -0.4 is 5.32 Å². The molecule has 2 aromatic rings. The first-order chi connectivity index (χ1) is 9.32. The van der Waals surface area contributed by atoms with E-state index in [1.165, 1.54) is 0 Å². The lowest BCUT2D eigenvalue weighted by molar-refractivity contribution is 0.102. The van der Waals surface area contributed by atoms with Crippen molar-refractivity contribution in [1.29, 1.82) is 0 Å². The van der Waals surface area contributed by atoms with Gasteiger partial charge in [-0.1, -0.05) is 0 Å². The molecule has 106 valence electrons. The van der Waals surface area contributed by atoms with Crippen LogP contribution in [-0.2, 0) is 0 Å². The Morgan fingerprint density at radius 1 is 1.15 bits per heavy atom. The van der Waals surface area contributed by atoms with Gasteiger partial charge in [0.2, 0.25) is 0 Å². The highest BCUT2D eigenvalue weighted by Crippen LogP contribution is 2.21. The number of rotatable bonds is 2. The van der Waals surface area contributed by atoms with E-state index in [1.54, 1.807) is 13.8 Å². The van der Waals surface area contributed by atoms with Crippen LogP contribution in [0.2, 0.25) is 0 Å². The van der Waals surface area contributed by atoms with Crippen LogP contribution in [0.5, 0.6) is 0 Å². The van der Waals surface area contributed by atoms with E-state index in [0.717, 1.165) is 0 Å². The summed E-state index contributed by atoms with van der Waals surface area (Å²) >= 11 is 0. The lowest BCUT2D eigenvalue weighted by Gasteiger charge is -2.07. The number of nitrogens with zero attached hydrogens (tertiary/aromatic N) is 1. The maximum Gasteiger partial charge on any atom is 0.258 e. The van der Waals surface area contributed by atoms with Gasteiger partial charge in [-0.05, 0) is 19.9 Å². The molecule has 0 fully saturated rings. The molecule has 2 rings (SSSR count). The van der Waals surface area contributed by atoms with Crippen LogP contribution in [0.15, 0.2) is 6.07 Å². The number of amides is 1. The molecule has 1 aromatic carbocycles. The van der Waals surface area contributed by atoms with Gasteiger partial charge in [0.1, 0.15) is 0 Å². The van der Waals surface area contributed by atoms with Crippen molar-refractivity contribution in [2.45, 2.75) is 13.8 Å². The van der Waals surface area contributed by atoms with Crippen LogP contribution in [0.4, 0.5) is 23.2 Å². The molecule has 8 heteroatoms. The predicted octanol–water partition coefficient (Wildman–Crippen LogP) is 2.84. The van der Waals surface area contributed by atoms with E-state index in [-0.39, 0.29) is 5.69 Å². The molecule has 1 aromatic heterocycles. The fourth-order valence-electron chi connectivity index (χ4n) is 1.65. The Bertz CT molecular complexity index is 677. The standard InChI is InChI=1S/C12H9F4N3O/c1-4-11(5(2)19-18-4)17-12(20)6-3-7(13)9(15)10(16)8(6)14/h3H,1-2H3,(H,17,20)(H,18,19). The summed E-state index contributed by atoms with van der Waals surface area (Å²) in [5.74, 6) is -8.49. The zero-order valence-electron chi connectivity index (χ0n) is 10.4. The van der Waals surface area contributed by atoms with E-state index >= 15 is 0 Å². The maximum absolute atomic E-state index is 13.5. The van der Waals surface area contributed by atoms with Crippen molar-refractivity contribution in [3.05, 3.63) is 46.3 Å². The van der Waals surface area contributed by atoms with Crippen molar-refractivity contribution in [2.75, 3.05) is 5.32 Å². The Morgan fingerprint density at radius 2 is 1.80 bits per heavy atom. The molecule has 20 heavy (non-hydrogen) atoms. The average Bonchev–Trinajstić information content (AvgIpc) is 2.72. The molecule has 0 saturated carbocycles. The summed E-state index contributed by atoms with van der Waals surface area (Å²) in [6, 6.07) is 0.299. The number of carbonyl (C=O) groups is 1. The van der Waals surface area contributed by atoms with Crippen LogP contribution in [-0.4, -0.2) is 16.1 Å². The number of carbonyl (C=O) groups excluding carboxylic acids is 1. The Balaban J connectivity index is 2.40. The number of hydrogen-bond donors (Lipinski definition) is 2. The molecule has 4 nitrogen and oxygen atoms in total. The summed E-state index contributed by atoms with van der Waals surface area (Å²) in [6.07, 6.45) is 0. The Hall–Kier alpha value is -2.38. The summed E-state index contributed by atoms with van der Waals surface area (Å²) in [7, 11) is 0. The number of H-pyrrole nitrogens is 1. The average molecular weight is 287 g/mol. The Kier molecular flexibility index (Phi) is 3.47. The number of halogens is 4. The Labute approximate surface area is 110 Å². The highest BCUT2D eigenvalue weighted by Gasteiger charge is 2.24. The van der Waals surface area contributed by atoms with E-state index in [4.69, 9.17) is 0 Å². The molecule has 1 amide bonds. The van der Waals surface area contributed by atoms with Crippen molar-refractivity contribution in [3.8, 4) is 0 Å². The number of benzene rings is 1. The van der Waals surface area contributed by atoms with Gasteiger partial charge in [0.25, 0.3) is 5.91 Å². The summed E-state index contributed by atoms with van der Waals surface area (Å²) in [5, 5.41) is 8.63. The second-order valence-corrected chi connectivity index (χ2v) is 4.11. The van der Waals surface area contributed by atoms with Gasteiger partial charge >= 0.3 is 0 Å². The van der Waals surface area contributed by atoms with E-state index in [2.05, 4.69) is 15.5 Å². The van der Waals surface area contributed by atoms with Crippen LogP contribution >= 0.6 is 0 Å². The van der Waals surface area contributed by atoms with Crippen LogP contribution in [0.3, 0.4) is 0 Å². The highest BCUT2D eigenvalue weighted by molar-refractivity contribution is 6.05. The number of aromatic nitrogens is 2. The van der Waals surface area contributed by atoms with Gasteiger partial charge in [0.05, 0.1) is 22.6 Å². The van der Waals surface area contributed by atoms with E-state index in [0.29, 0.717) is 17.5 Å². The quantitative estimate of drug-likeness (QED) is 0.507. The van der Waals surface area contributed by atoms with Crippen molar-refractivity contribution in [2.24, 2.45) is 0 Å². The third kappa shape index (κ3) is 2.24. The molecule has 0 aliphatic heterocycles. The lowest BCUT2D eigenvalue weighted by atomic mass is 10.1. The van der Waals surface area contributed by atoms with Crippen molar-refractivity contribution < 1.29 is 22.4 Å². The van der Waals surface area contributed by atoms with Crippen LogP contribution in [0.25, 0.3) is 0 Å². The first-order valence-electron chi connectivity index (χ1n) is 5.48. The fraction of sp³-hybridized carbons (Fsp3) is 0.167. The highest BCUT2D eigenvalue weighted by atomic mass is 19.2. The zero-order chi connectivity index (χ0) is 15.0. The topological polar surface area (TPSA) is 57.8 Å². The number of aryl methyl sites for hydroxylation is 2. The van der Waals surface area contributed by atoms with Crippen LogP contribution in [0.1, 0.15) is 21.7 Å². The van der Waals surface area contributed by atoms with E-state index in [1.807, 2.05) is 0 Å². The van der Waals surface area contributed by atoms with Gasteiger partial charge in [-0.15, -0.1) is 0 Å². The van der Waals surface area contributed by atoms with Crippen LogP contribution in [0, 0.1) is 37.1 Å². The Morgan fingerprint density at radius 3 is 2.35 bits per heavy atom. The summed E-state index contributed by atoms with van der Waals surface area (Å²) in [4.78, 5) is 11.8. The molecule has 0 aliphatic rings. The molecule has 0 aliphatic carbocycles. The first-order valence-corrected chi connectivity index (χ1v) is 5.48. The minimum Gasteiger partial charge on any atom is -0.319 e. The van der Waals surface area contributed by atoms with Gasteiger partial charge < -0.3 is 5.32 Å². The number of hydrogen-bond acceptors (Lipinski definition) is 2. The van der Waals surface area contributed by atoms with Crippen molar-refractivity contribution >= 4 is 11.6 Å². The molecular formula is C12H9F4N3O. The normalized spacial score (nSPS) is 10.7. The number of aromatic amines is 1.